The van der Waals surface area contributed by atoms with E-state index in [9.17, 15) is 4.79 Å². The molecule has 0 radical (unpaired) electrons. The fraction of sp³-hybridized carbons (Fsp3) is 0.308. The summed E-state index contributed by atoms with van der Waals surface area (Å²) in [7, 11) is 0. The van der Waals surface area contributed by atoms with Crippen LogP contribution in [0.1, 0.15) is 12.5 Å². The number of phenols is 1. The van der Waals surface area contributed by atoms with E-state index in [2.05, 4.69) is 6.58 Å². The van der Waals surface area contributed by atoms with Gasteiger partial charge in [-0.15, -0.1) is 0 Å². The summed E-state index contributed by atoms with van der Waals surface area (Å²) in [6, 6.07) is 6.81. The second-order valence-electron chi connectivity index (χ2n) is 3.69. The van der Waals surface area contributed by atoms with Crippen molar-refractivity contribution in [2.45, 2.75) is 13.3 Å². The first-order valence-corrected chi connectivity index (χ1v) is 5.19. The van der Waals surface area contributed by atoms with E-state index in [1.54, 1.807) is 30.3 Å². The molecule has 0 bridgehead atoms. The van der Waals surface area contributed by atoms with Crippen LogP contribution in [0.4, 0.5) is 0 Å². The van der Waals surface area contributed by atoms with Gasteiger partial charge in [0.1, 0.15) is 12.4 Å². The Balaban J connectivity index is 2.50. The van der Waals surface area contributed by atoms with Crippen LogP contribution in [-0.2, 0) is 16.0 Å². The lowest BCUT2D eigenvalue weighted by Gasteiger charge is -2.10. The van der Waals surface area contributed by atoms with Crippen molar-refractivity contribution < 1.29 is 14.6 Å². The highest BCUT2D eigenvalue weighted by Gasteiger charge is 2.14. The Labute approximate surface area is 95.4 Å². The summed E-state index contributed by atoms with van der Waals surface area (Å²) in [6.07, 6.45) is 2.15. The largest absolute Gasteiger partial charge is 0.508 e. The van der Waals surface area contributed by atoms with Crippen LogP contribution in [0, 0.1) is 5.92 Å². The number of benzene rings is 1. The van der Waals surface area contributed by atoms with E-state index in [0.29, 0.717) is 6.42 Å². The number of aromatic hydroxyl groups is 1. The summed E-state index contributed by atoms with van der Waals surface area (Å²) in [4.78, 5) is 11.5. The Kier molecular flexibility index (Phi) is 4.58. The molecule has 0 aliphatic heterocycles. The molecule has 86 valence electrons. The van der Waals surface area contributed by atoms with Gasteiger partial charge in [-0.25, -0.2) is 0 Å². The molecule has 1 aromatic carbocycles. The number of hydrogen-bond acceptors (Lipinski definition) is 3. The quantitative estimate of drug-likeness (QED) is 0.611. The molecule has 0 aliphatic carbocycles. The molecule has 0 fully saturated rings. The lowest BCUT2D eigenvalue weighted by Crippen LogP contribution is -2.17. The maximum Gasteiger partial charge on any atom is 0.309 e. The number of rotatable bonds is 5. The molecule has 0 heterocycles. The first kappa shape index (κ1) is 12.3. The van der Waals surface area contributed by atoms with Gasteiger partial charge in [0, 0.05) is 0 Å². The second-order valence-corrected chi connectivity index (χ2v) is 3.69. The van der Waals surface area contributed by atoms with Crippen molar-refractivity contribution >= 4 is 5.97 Å². The van der Waals surface area contributed by atoms with Gasteiger partial charge in [-0.1, -0.05) is 31.7 Å². The van der Waals surface area contributed by atoms with Crippen LogP contribution in [0.15, 0.2) is 36.9 Å². The number of hydrogen-bond donors (Lipinski definition) is 1. The molecule has 0 saturated carbocycles. The van der Waals surface area contributed by atoms with Crippen LogP contribution in [0.5, 0.6) is 5.75 Å². The van der Waals surface area contributed by atoms with Crippen LogP contribution >= 0.6 is 0 Å². The van der Waals surface area contributed by atoms with Crippen molar-refractivity contribution in [3.8, 4) is 5.75 Å². The maximum atomic E-state index is 11.5. The van der Waals surface area contributed by atoms with Gasteiger partial charge in [0.25, 0.3) is 0 Å². The van der Waals surface area contributed by atoms with E-state index in [4.69, 9.17) is 9.84 Å². The van der Waals surface area contributed by atoms with Gasteiger partial charge in [0.2, 0.25) is 0 Å². The number of carbonyl (C=O) groups excluding carboxylic acids is 1. The van der Waals surface area contributed by atoms with Crippen molar-refractivity contribution in [2.75, 3.05) is 6.61 Å². The molecule has 1 atom stereocenters. The van der Waals surface area contributed by atoms with E-state index in [1.165, 1.54) is 0 Å². The topological polar surface area (TPSA) is 46.5 Å². The van der Waals surface area contributed by atoms with Gasteiger partial charge in [-0.2, -0.15) is 0 Å². The Morgan fingerprint density at radius 3 is 2.69 bits per heavy atom. The first-order chi connectivity index (χ1) is 7.63. The fourth-order valence-corrected chi connectivity index (χ4v) is 1.35. The van der Waals surface area contributed by atoms with Gasteiger partial charge in [-0.3, -0.25) is 4.79 Å². The number of phenolic OH excluding ortho intramolecular Hbond substituents is 1. The van der Waals surface area contributed by atoms with Crippen molar-refractivity contribution in [3.63, 3.8) is 0 Å². The standard InChI is InChI=1S/C13H16O3/c1-3-8-16-13(15)10(2)9-11-4-6-12(14)7-5-11/h3-7,10,14H,1,8-9H2,2H3. The molecule has 1 aromatic rings. The molecule has 0 spiro atoms. The summed E-state index contributed by atoms with van der Waals surface area (Å²) >= 11 is 0. The molecule has 1 N–H and O–H groups in total. The molecular formula is C13H16O3. The van der Waals surface area contributed by atoms with Crippen LogP contribution < -0.4 is 0 Å². The summed E-state index contributed by atoms with van der Waals surface area (Å²) < 4.78 is 4.94. The number of ether oxygens (including phenoxy) is 1. The minimum Gasteiger partial charge on any atom is -0.508 e. The van der Waals surface area contributed by atoms with Crippen molar-refractivity contribution in [1.82, 2.24) is 0 Å². The van der Waals surface area contributed by atoms with E-state index < -0.39 is 0 Å². The third-order valence-corrected chi connectivity index (χ3v) is 2.22. The summed E-state index contributed by atoms with van der Waals surface area (Å²) in [5.41, 5.74) is 1.00. The fourth-order valence-electron chi connectivity index (χ4n) is 1.35. The molecule has 0 amide bonds. The van der Waals surface area contributed by atoms with Gasteiger partial charge >= 0.3 is 5.97 Å². The van der Waals surface area contributed by atoms with Gasteiger partial charge in [-0.05, 0) is 24.1 Å². The highest BCUT2D eigenvalue weighted by Crippen LogP contribution is 2.14. The third-order valence-electron chi connectivity index (χ3n) is 2.22. The van der Waals surface area contributed by atoms with E-state index in [-0.39, 0.29) is 24.2 Å². The second kappa shape index (κ2) is 5.95. The molecule has 1 rings (SSSR count). The molecule has 3 heteroatoms. The summed E-state index contributed by atoms with van der Waals surface area (Å²) in [6.45, 7) is 5.55. The predicted molar refractivity (Wildman–Crippen MR) is 62.1 cm³/mol. The van der Waals surface area contributed by atoms with Gasteiger partial charge < -0.3 is 9.84 Å². The Morgan fingerprint density at radius 1 is 1.50 bits per heavy atom. The highest BCUT2D eigenvalue weighted by atomic mass is 16.5. The van der Waals surface area contributed by atoms with Crippen LogP contribution in [0.3, 0.4) is 0 Å². The zero-order valence-corrected chi connectivity index (χ0v) is 9.35. The Bertz CT molecular complexity index is 354. The average molecular weight is 220 g/mol. The SMILES string of the molecule is C=CCOC(=O)C(C)Cc1ccc(O)cc1. The average Bonchev–Trinajstić information content (AvgIpc) is 2.29. The Morgan fingerprint density at radius 2 is 2.12 bits per heavy atom. The maximum absolute atomic E-state index is 11.5. The van der Waals surface area contributed by atoms with Crippen molar-refractivity contribution in [3.05, 3.63) is 42.5 Å². The first-order valence-electron chi connectivity index (χ1n) is 5.19. The van der Waals surface area contributed by atoms with Gasteiger partial charge in [0.15, 0.2) is 0 Å². The van der Waals surface area contributed by atoms with Crippen LogP contribution in [0.2, 0.25) is 0 Å². The smallest absolute Gasteiger partial charge is 0.309 e. The summed E-state index contributed by atoms with van der Waals surface area (Å²) in [5, 5.41) is 9.11. The molecule has 0 aromatic heterocycles. The van der Waals surface area contributed by atoms with Crippen molar-refractivity contribution in [2.24, 2.45) is 5.92 Å². The number of carbonyl (C=O) groups is 1. The van der Waals surface area contributed by atoms with E-state index in [1.807, 2.05) is 6.92 Å². The lowest BCUT2D eigenvalue weighted by atomic mass is 10.0. The van der Waals surface area contributed by atoms with Gasteiger partial charge in [0.05, 0.1) is 5.92 Å². The normalized spacial score (nSPS) is 11.8. The molecule has 1 unspecified atom stereocenters. The molecule has 16 heavy (non-hydrogen) atoms. The van der Waals surface area contributed by atoms with E-state index >= 15 is 0 Å². The zero-order chi connectivity index (χ0) is 12.0. The van der Waals surface area contributed by atoms with Crippen LogP contribution in [-0.4, -0.2) is 17.7 Å². The lowest BCUT2D eigenvalue weighted by molar-refractivity contribution is -0.146. The highest BCUT2D eigenvalue weighted by molar-refractivity contribution is 5.72. The molecule has 3 nitrogen and oxygen atoms in total. The van der Waals surface area contributed by atoms with Crippen LogP contribution in [0.25, 0.3) is 0 Å². The zero-order valence-electron chi connectivity index (χ0n) is 9.35. The monoisotopic (exact) mass is 220 g/mol. The predicted octanol–water partition coefficient (Wildman–Crippen LogP) is 2.30. The van der Waals surface area contributed by atoms with Crippen molar-refractivity contribution in [1.29, 1.82) is 0 Å². The third kappa shape index (κ3) is 3.77. The van der Waals surface area contributed by atoms with E-state index in [0.717, 1.165) is 5.56 Å². The Hall–Kier alpha value is -1.77. The molecule has 0 aliphatic rings. The molecule has 0 saturated heterocycles. The summed E-state index contributed by atoms with van der Waals surface area (Å²) in [5.74, 6) is -0.192. The minimum absolute atomic E-state index is 0.190. The molecular weight excluding hydrogens is 204 g/mol. The minimum atomic E-state index is -0.229. The number of esters is 1.